The predicted octanol–water partition coefficient (Wildman–Crippen LogP) is 4.29. The maximum atomic E-state index is 13.3. The minimum absolute atomic E-state index is 0.111. The van der Waals surface area contributed by atoms with Gasteiger partial charge in [0.25, 0.3) is 0 Å². The van der Waals surface area contributed by atoms with Gasteiger partial charge >= 0.3 is 6.03 Å². The summed E-state index contributed by atoms with van der Waals surface area (Å²) in [6, 6.07) is 19.8. The van der Waals surface area contributed by atoms with Crippen LogP contribution >= 0.6 is 0 Å². The van der Waals surface area contributed by atoms with Crippen molar-refractivity contribution in [3.8, 4) is 0 Å². The fourth-order valence-electron chi connectivity index (χ4n) is 4.37. The summed E-state index contributed by atoms with van der Waals surface area (Å²) in [6.45, 7) is 2.01. The quantitative estimate of drug-likeness (QED) is 0.867. The molecule has 5 heteroatoms. The van der Waals surface area contributed by atoms with Gasteiger partial charge in [-0.15, -0.1) is 0 Å². The van der Waals surface area contributed by atoms with E-state index >= 15 is 0 Å². The molecule has 2 heterocycles. The third-order valence-electron chi connectivity index (χ3n) is 5.80. The summed E-state index contributed by atoms with van der Waals surface area (Å²) in [7, 11) is 0. The van der Waals surface area contributed by atoms with E-state index in [2.05, 4.69) is 17.4 Å². The molecule has 2 aliphatic heterocycles. The molecule has 1 N–H and O–H groups in total. The molecule has 2 saturated heterocycles. The normalized spacial score (nSPS) is 22.1. The van der Waals surface area contributed by atoms with Gasteiger partial charge in [0.2, 0.25) is 5.91 Å². The molecule has 2 aromatic rings. The Kier molecular flexibility index (Phi) is 5.60. The third kappa shape index (κ3) is 4.03. The second-order valence-electron chi connectivity index (χ2n) is 7.68. The van der Waals surface area contributed by atoms with Gasteiger partial charge in [-0.25, -0.2) is 4.79 Å². The van der Waals surface area contributed by atoms with Crippen molar-refractivity contribution in [2.45, 2.75) is 31.7 Å². The molecule has 5 nitrogen and oxygen atoms in total. The largest absolute Gasteiger partial charge is 0.335 e. The molecule has 2 fully saturated rings. The Morgan fingerprint density at radius 3 is 2.29 bits per heavy atom. The number of piperidine rings is 1. The summed E-state index contributed by atoms with van der Waals surface area (Å²) in [5, 5.41) is 2.94. The highest BCUT2D eigenvalue weighted by Crippen LogP contribution is 2.34. The summed E-state index contributed by atoms with van der Waals surface area (Å²) in [5.74, 6) is 0.0862. The molecule has 2 aliphatic rings. The van der Waals surface area contributed by atoms with E-state index in [9.17, 15) is 9.59 Å². The Morgan fingerprint density at radius 2 is 1.54 bits per heavy atom. The van der Waals surface area contributed by atoms with Gasteiger partial charge in [-0.1, -0.05) is 48.5 Å². The summed E-state index contributed by atoms with van der Waals surface area (Å²) in [6.07, 6.45) is 3.77. The molecule has 2 unspecified atom stereocenters. The first kappa shape index (κ1) is 18.5. The van der Waals surface area contributed by atoms with E-state index < -0.39 is 0 Å². The summed E-state index contributed by atoms with van der Waals surface area (Å²) in [4.78, 5) is 29.7. The molecule has 2 aromatic carbocycles. The van der Waals surface area contributed by atoms with E-state index in [0.29, 0.717) is 13.1 Å². The van der Waals surface area contributed by atoms with Crippen LogP contribution < -0.4 is 5.32 Å². The number of carbonyl (C=O) groups is 2. The number of nitrogens with one attached hydrogen (secondary N) is 1. The Balaban J connectivity index is 1.41. The van der Waals surface area contributed by atoms with Crippen LogP contribution in [-0.4, -0.2) is 41.4 Å². The molecule has 146 valence electrons. The lowest BCUT2D eigenvalue weighted by molar-refractivity contribution is -0.137. The number of benzene rings is 2. The highest BCUT2D eigenvalue weighted by molar-refractivity contribution is 5.90. The molecule has 0 spiro atoms. The van der Waals surface area contributed by atoms with Gasteiger partial charge in [-0.05, 0) is 43.4 Å². The van der Waals surface area contributed by atoms with Crippen molar-refractivity contribution in [3.63, 3.8) is 0 Å². The number of para-hydroxylation sites is 1. The van der Waals surface area contributed by atoms with Crippen LogP contribution in [0, 0.1) is 5.92 Å². The zero-order chi connectivity index (χ0) is 19.3. The van der Waals surface area contributed by atoms with Crippen molar-refractivity contribution in [2.24, 2.45) is 5.92 Å². The number of hydrogen-bond donors (Lipinski definition) is 1. The molecular formula is C23H27N3O2. The smallest absolute Gasteiger partial charge is 0.321 e. The van der Waals surface area contributed by atoms with Crippen LogP contribution in [-0.2, 0) is 4.79 Å². The molecule has 28 heavy (non-hydrogen) atoms. The number of rotatable bonds is 3. The van der Waals surface area contributed by atoms with E-state index in [0.717, 1.165) is 37.9 Å². The van der Waals surface area contributed by atoms with E-state index in [1.165, 1.54) is 5.56 Å². The molecule has 0 saturated carbocycles. The standard InChI is InChI=1S/C23H27N3O2/c27-22(26-16-8-14-21(26)18-9-3-1-4-10-18)19-11-7-15-25(17-19)23(28)24-20-12-5-2-6-13-20/h1-6,9-10,12-13,19,21H,7-8,11,14-17H2,(H,24,28). The number of likely N-dealkylation sites (tertiary alicyclic amines) is 2. The number of amides is 3. The van der Waals surface area contributed by atoms with Gasteiger partial charge in [0, 0.05) is 25.3 Å². The van der Waals surface area contributed by atoms with Crippen LogP contribution in [0.1, 0.15) is 37.3 Å². The monoisotopic (exact) mass is 377 g/mol. The Hall–Kier alpha value is -2.82. The fourth-order valence-corrected chi connectivity index (χ4v) is 4.37. The Morgan fingerprint density at radius 1 is 0.857 bits per heavy atom. The maximum Gasteiger partial charge on any atom is 0.321 e. The lowest BCUT2D eigenvalue weighted by Crippen LogP contribution is -2.47. The average molecular weight is 377 g/mol. The molecular weight excluding hydrogens is 350 g/mol. The number of carbonyl (C=O) groups excluding carboxylic acids is 2. The zero-order valence-electron chi connectivity index (χ0n) is 16.1. The first-order valence-electron chi connectivity index (χ1n) is 10.2. The molecule has 0 radical (unpaired) electrons. The average Bonchev–Trinajstić information content (AvgIpc) is 3.24. The first-order valence-corrected chi connectivity index (χ1v) is 10.2. The number of anilines is 1. The lowest BCUT2D eigenvalue weighted by Gasteiger charge is -2.35. The number of nitrogens with zero attached hydrogens (tertiary/aromatic N) is 2. The molecule has 4 rings (SSSR count). The Bertz CT molecular complexity index is 809. The van der Waals surface area contributed by atoms with E-state index in [4.69, 9.17) is 0 Å². The minimum Gasteiger partial charge on any atom is -0.335 e. The van der Waals surface area contributed by atoms with Gasteiger partial charge in [-0.2, -0.15) is 0 Å². The summed E-state index contributed by atoms with van der Waals surface area (Å²) in [5.41, 5.74) is 1.99. The van der Waals surface area contributed by atoms with E-state index in [1.54, 1.807) is 4.90 Å². The summed E-state index contributed by atoms with van der Waals surface area (Å²) < 4.78 is 0. The maximum absolute atomic E-state index is 13.3. The van der Waals surface area contributed by atoms with Crippen LogP contribution in [0.5, 0.6) is 0 Å². The summed E-state index contributed by atoms with van der Waals surface area (Å²) >= 11 is 0. The zero-order valence-corrected chi connectivity index (χ0v) is 16.1. The van der Waals surface area contributed by atoms with E-state index in [1.807, 2.05) is 53.4 Å². The van der Waals surface area contributed by atoms with Crippen LogP contribution in [0.3, 0.4) is 0 Å². The first-order chi connectivity index (χ1) is 13.7. The van der Waals surface area contributed by atoms with Crippen molar-refractivity contribution in [3.05, 3.63) is 66.2 Å². The predicted molar refractivity (Wildman–Crippen MR) is 110 cm³/mol. The number of hydrogen-bond acceptors (Lipinski definition) is 2. The van der Waals surface area contributed by atoms with E-state index in [-0.39, 0.29) is 23.9 Å². The van der Waals surface area contributed by atoms with Gasteiger partial charge in [0.05, 0.1) is 12.0 Å². The van der Waals surface area contributed by atoms with Gasteiger partial charge in [0.1, 0.15) is 0 Å². The molecule has 0 aliphatic carbocycles. The van der Waals surface area contributed by atoms with Gasteiger partial charge in [-0.3, -0.25) is 4.79 Å². The highest BCUT2D eigenvalue weighted by atomic mass is 16.2. The molecule has 0 aromatic heterocycles. The second-order valence-corrected chi connectivity index (χ2v) is 7.68. The fraction of sp³-hybridized carbons (Fsp3) is 0.391. The van der Waals surface area contributed by atoms with Gasteiger partial charge < -0.3 is 15.1 Å². The Labute approximate surface area is 166 Å². The van der Waals surface area contributed by atoms with Crippen molar-refractivity contribution in [1.29, 1.82) is 0 Å². The molecule has 0 bridgehead atoms. The number of urea groups is 1. The highest BCUT2D eigenvalue weighted by Gasteiger charge is 2.36. The molecule has 3 amide bonds. The van der Waals surface area contributed by atoms with Crippen LogP contribution in [0.15, 0.2) is 60.7 Å². The SMILES string of the molecule is O=C(Nc1ccccc1)N1CCCC(C(=O)N2CCCC2c2ccccc2)C1. The molecule has 2 atom stereocenters. The van der Waals surface area contributed by atoms with Crippen molar-refractivity contribution >= 4 is 17.6 Å². The third-order valence-corrected chi connectivity index (χ3v) is 5.80. The lowest BCUT2D eigenvalue weighted by atomic mass is 9.95. The van der Waals surface area contributed by atoms with Crippen molar-refractivity contribution in [2.75, 3.05) is 25.0 Å². The van der Waals surface area contributed by atoms with Gasteiger partial charge in [0.15, 0.2) is 0 Å². The topological polar surface area (TPSA) is 52.7 Å². The minimum atomic E-state index is -0.121. The van der Waals surface area contributed by atoms with Crippen LogP contribution in [0.2, 0.25) is 0 Å². The van der Waals surface area contributed by atoms with Crippen LogP contribution in [0.25, 0.3) is 0 Å². The van der Waals surface area contributed by atoms with Crippen molar-refractivity contribution in [1.82, 2.24) is 9.80 Å². The van der Waals surface area contributed by atoms with Crippen LogP contribution in [0.4, 0.5) is 10.5 Å². The second kappa shape index (κ2) is 8.46. The van der Waals surface area contributed by atoms with Crippen molar-refractivity contribution < 1.29 is 9.59 Å².